The maximum Gasteiger partial charge on any atom is 0.314 e. The normalized spacial score (nSPS) is 18.5. The second-order valence-corrected chi connectivity index (χ2v) is 5.62. The van der Waals surface area contributed by atoms with Gasteiger partial charge in [-0.15, -0.1) is 11.8 Å². The predicted octanol–water partition coefficient (Wildman–Crippen LogP) is 3.40. The zero-order valence-electron chi connectivity index (χ0n) is 10.5. The van der Waals surface area contributed by atoms with E-state index >= 15 is 0 Å². The molecule has 0 aromatic heterocycles. The first-order valence-electron chi connectivity index (χ1n) is 6.21. The smallest absolute Gasteiger partial charge is 0.314 e. The van der Waals surface area contributed by atoms with E-state index in [2.05, 4.69) is 0 Å². The van der Waals surface area contributed by atoms with Gasteiger partial charge < -0.3 is 10.2 Å². The second kappa shape index (κ2) is 5.22. The molecule has 1 saturated carbocycles. The summed E-state index contributed by atoms with van der Waals surface area (Å²) in [6.07, 6.45) is 6.18. The van der Waals surface area contributed by atoms with Gasteiger partial charge in [-0.1, -0.05) is 31.4 Å². The highest BCUT2D eigenvalue weighted by molar-refractivity contribution is 7.98. The van der Waals surface area contributed by atoms with E-state index in [0.29, 0.717) is 17.7 Å². The lowest BCUT2D eigenvalue weighted by molar-refractivity contribution is -0.145. The second-order valence-electron chi connectivity index (χ2n) is 4.81. The fourth-order valence-electron chi connectivity index (χ4n) is 2.87. The molecule has 4 heteroatoms. The summed E-state index contributed by atoms with van der Waals surface area (Å²) >= 11 is 1.42. The van der Waals surface area contributed by atoms with Crippen molar-refractivity contribution in [2.75, 3.05) is 6.26 Å². The van der Waals surface area contributed by atoms with Gasteiger partial charge in [-0.2, -0.15) is 0 Å². The zero-order valence-corrected chi connectivity index (χ0v) is 11.3. The van der Waals surface area contributed by atoms with Crippen LogP contribution in [0.5, 0.6) is 5.75 Å². The van der Waals surface area contributed by atoms with Crippen molar-refractivity contribution >= 4 is 17.7 Å². The van der Waals surface area contributed by atoms with Gasteiger partial charge in [0, 0.05) is 0 Å². The number of hydrogen-bond acceptors (Lipinski definition) is 3. The quantitative estimate of drug-likeness (QED) is 0.823. The largest absolute Gasteiger partial charge is 0.507 e. The monoisotopic (exact) mass is 266 g/mol. The third-order valence-corrected chi connectivity index (χ3v) is 4.67. The molecule has 3 nitrogen and oxygen atoms in total. The first kappa shape index (κ1) is 13.3. The van der Waals surface area contributed by atoms with Crippen molar-refractivity contribution in [3.05, 3.63) is 23.8 Å². The van der Waals surface area contributed by atoms with Crippen LogP contribution in [0.15, 0.2) is 23.1 Å². The van der Waals surface area contributed by atoms with Gasteiger partial charge in [0.05, 0.1) is 10.3 Å². The van der Waals surface area contributed by atoms with Crippen LogP contribution < -0.4 is 0 Å². The van der Waals surface area contributed by atoms with Crippen molar-refractivity contribution in [2.45, 2.75) is 42.4 Å². The number of aliphatic carboxylic acids is 1. The van der Waals surface area contributed by atoms with E-state index in [0.717, 1.165) is 24.8 Å². The van der Waals surface area contributed by atoms with Crippen LogP contribution in [-0.4, -0.2) is 22.4 Å². The maximum absolute atomic E-state index is 11.8. The summed E-state index contributed by atoms with van der Waals surface area (Å²) < 4.78 is 0. The van der Waals surface area contributed by atoms with Crippen LogP contribution in [0.25, 0.3) is 0 Å². The van der Waals surface area contributed by atoms with Crippen molar-refractivity contribution in [1.29, 1.82) is 0 Å². The first-order chi connectivity index (χ1) is 8.62. The number of benzene rings is 1. The lowest BCUT2D eigenvalue weighted by atomic mass is 9.69. The molecule has 2 N–H and O–H groups in total. The minimum Gasteiger partial charge on any atom is -0.507 e. The molecule has 0 bridgehead atoms. The Balaban J connectivity index is 2.55. The Bertz CT molecular complexity index is 450. The topological polar surface area (TPSA) is 57.5 Å². The number of carboxylic acids is 1. The molecule has 0 atom stereocenters. The SMILES string of the molecule is CSc1c(O)cccc1C1(C(=O)O)CCCCC1. The number of carbonyl (C=O) groups is 1. The van der Waals surface area contributed by atoms with Crippen LogP contribution in [0.2, 0.25) is 0 Å². The van der Waals surface area contributed by atoms with Crippen LogP contribution in [-0.2, 0) is 10.2 Å². The van der Waals surface area contributed by atoms with Gasteiger partial charge >= 0.3 is 5.97 Å². The summed E-state index contributed by atoms with van der Waals surface area (Å²) in [6.45, 7) is 0. The van der Waals surface area contributed by atoms with E-state index in [1.807, 2.05) is 12.3 Å². The Kier molecular flexibility index (Phi) is 3.85. The highest BCUT2D eigenvalue weighted by atomic mass is 32.2. The van der Waals surface area contributed by atoms with E-state index in [-0.39, 0.29) is 5.75 Å². The molecule has 0 saturated heterocycles. The molecule has 0 amide bonds. The third-order valence-electron chi connectivity index (χ3n) is 3.83. The third kappa shape index (κ3) is 2.09. The summed E-state index contributed by atoms with van der Waals surface area (Å²) in [4.78, 5) is 12.5. The van der Waals surface area contributed by atoms with Crippen LogP contribution in [0.3, 0.4) is 0 Å². The molecule has 0 unspecified atom stereocenters. The lowest BCUT2D eigenvalue weighted by Gasteiger charge is -2.35. The molecule has 1 aliphatic rings. The highest BCUT2D eigenvalue weighted by Crippen LogP contribution is 2.45. The summed E-state index contributed by atoms with van der Waals surface area (Å²) in [6, 6.07) is 5.21. The summed E-state index contributed by atoms with van der Waals surface area (Å²) in [5, 5.41) is 19.6. The minimum absolute atomic E-state index is 0.186. The van der Waals surface area contributed by atoms with Crippen LogP contribution in [0.1, 0.15) is 37.7 Å². The number of thioether (sulfide) groups is 1. The Morgan fingerprint density at radius 3 is 2.50 bits per heavy atom. The predicted molar refractivity (Wildman–Crippen MR) is 72.3 cm³/mol. The van der Waals surface area contributed by atoms with E-state index in [1.165, 1.54) is 11.8 Å². The molecule has 18 heavy (non-hydrogen) atoms. The van der Waals surface area contributed by atoms with Crippen LogP contribution >= 0.6 is 11.8 Å². The van der Waals surface area contributed by atoms with Gasteiger partial charge in [0.15, 0.2) is 0 Å². The van der Waals surface area contributed by atoms with Crippen molar-refractivity contribution in [1.82, 2.24) is 0 Å². The van der Waals surface area contributed by atoms with Gasteiger partial charge in [-0.3, -0.25) is 4.79 Å². The van der Waals surface area contributed by atoms with Crippen molar-refractivity contribution in [2.24, 2.45) is 0 Å². The summed E-state index contributed by atoms with van der Waals surface area (Å²) in [5.74, 6) is -0.575. The highest BCUT2D eigenvalue weighted by Gasteiger charge is 2.43. The van der Waals surface area contributed by atoms with Gasteiger partial charge in [-0.05, 0) is 30.7 Å². The Morgan fingerprint density at radius 1 is 1.28 bits per heavy atom. The van der Waals surface area contributed by atoms with Gasteiger partial charge in [0.2, 0.25) is 0 Å². The first-order valence-corrected chi connectivity index (χ1v) is 7.44. The number of rotatable bonds is 3. The number of hydrogen-bond donors (Lipinski definition) is 2. The average Bonchev–Trinajstić information content (AvgIpc) is 2.39. The number of phenols is 1. The van der Waals surface area contributed by atoms with E-state index in [4.69, 9.17) is 0 Å². The molecule has 2 rings (SSSR count). The Labute approximate surface area is 111 Å². The summed E-state index contributed by atoms with van der Waals surface area (Å²) in [7, 11) is 0. The van der Waals surface area contributed by atoms with Gasteiger partial charge in [0.25, 0.3) is 0 Å². The van der Waals surface area contributed by atoms with E-state index in [1.54, 1.807) is 12.1 Å². The Hall–Kier alpha value is -1.16. The molecule has 98 valence electrons. The van der Waals surface area contributed by atoms with E-state index in [9.17, 15) is 15.0 Å². The molecule has 1 aromatic rings. The maximum atomic E-state index is 11.8. The molecule has 1 aromatic carbocycles. The molecule has 1 aliphatic carbocycles. The fraction of sp³-hybridized carbons (Fsp3) is 0.500. The fourth-order valence-corrected chi connectivity index (χ4v) is 3.63. The van der Waals surface area contributed by atoms with E-state index < -0.39 is 11.4 Å². The average molecular weight is 266 g/mol. The molecular weight excluding hydrogens is 248 g/mol. The van der Waals surface area contributed by atoms with Crippen molar-refractivity contribution < 1.29 is 15.0 Å². The molecule has 1 fully saturated rings. The van der Waals surface area contributed by atoms with Gasteiger partial charge in [-0.25, -0.2) is 0 Å². The molecule has 0 aliphatic heterocycles. The van der Waals surface area contributed by atoms with Crippen molar-refractivity contribution in [3.63, 3.8) is 0 Å². The number of aromatic hydroxyl groups is 1. The minimum atomic E-state index is -0.810. The molecule has 0 spiro atoms. The standard InChI is InChI=1S/C14H18O3S/c1-18-12-10(6-5-7-11(12)15)14(13(16)17)8-3-2-4-9-14/h5-7,15H,2-4,8-9H2,1H3,(H,16,17). The number of carboxylic acid groups (broad SMARTS) is 1. The summed E-state index contributed by atoms with van der Waals surface area (Å²) in [5.41, 5.74) is -0.0304. The van der Waals surface area contributed by atoms with Crippen molar-refractivity contribution in [3.8, 4) is 5.75 Å². The van der Waals surface area contributed by atoms with Crippen LogP contribution in [0, 0.1) is 0 Å². The number of phenolic OH excluding ortho intramolecular Hbond substituents is 1. The van der Waals surface area contributed by atoms with Crippen LogP contribution in [0.4, 0.5) is 0 Å². The Morgan fingerprint density at radius 2 is 1.94 bits per heavy atom. The van der Waals surface area contributed by atoms with Gasteiger partial charge in [0.1, 0.15) is 5.75 Å². The molecule has 0 heterocycles. The lowest BCUT2D eigenvalue weighted by Crippen LogP contribution is -2.38. The zero-order chi connectivity index (χ0) is 13.2. The molecule has 0 radical (unpaired) electrons. The molecular formula is C14H18O3S.